The van der Waals surface area contributed by atoms with E-state index >= 15 is 0 Å². The van der Waals surface area contributed by atoms with Gasteiger partial charge in [0, 0.05) is 11.3 Å². The minimum Gasteiger partial charge on any atom is -0.324 e. The number of nitrogens with zero attached hydrogens (tertiary/aromatic N) is 1. The Morgan fingerprint density at radius 1 is 1.33 bits per heavy atom. The first-order chi connectivity index (χ1) is 9.93. The van der Waals surface area contributed by atoms with E-state index in [1.807, 2.05) is 11.8 Å². The molecule has 0 aromatic carbocycles. The molecule has 21 heavy (non-hydrogen) atoms. The van der Waals surface area contributed by atoms with Crippen LogP contribution in [0, 0.1) is 5.92 Å². The fourth-order valence-corrected chi connectivity index (χ4v) is 4.84. The Hall–Kier alpha value is -0.220. The molecule has 1 N–H and O–H groups in total. The molecular formula is C17H32N2OS. The minimum atomic E-state index is -0.236. The molecule has 122 valence electrons. The van der Waals surface area contributed by atoms with E-state index in [0.717, 1.165) is 32.2 Å². The molecule has 1 heterocycles. The van der Waals surface area contributed by atoms with Crippen LogP contribution in [0.15, 0.2) is 0 Å². The zero-order chi connectivity index (χ0) is 15.7. The Morgan fingerprint density at radius 3 is 2.33 bits per heavy atom. The van der Waals surface area contributed by atoms with Gasteiger partial charge in [-0.2, -0.15) is 11.8 Å². The normalized spacial score (nSPS) is 25.5. The van der Waals surface area contributed by atoms with E-state index in [9.17, 15) is 4.79 Å². The number of nitrogens with one attached hydrogen (secondary N) is 1. The van der Waals surface area contributed by atoms with E-state index < -0.39 is 0 Å². The number of carbonyl (C=O) groups is 1. The van der Waals surface area contributed by atoms with Crippen LogP contribution in [0.4, 0.5) is 0 Å². The lowest BCUT2D eigenvalue weighted by atomic mass is 9.96. The fourth-order valence-electron chi connectivity index (χ4n) is 3.99. The maximum atomic E-state index is 13.1. The average molecular weight is 313 g/mol. The Balaban J connectivity index is 2.24. The van der Waals surface area contributed by atoms with Crippen LogP contribution in [0.1, 0.15) is 66.2 Å². The van der Waals surface area contributed by atoms with Crippen LogP contribution in [0.3, 0.4) is 0 Å². The average Bonchev–Trinajstić information content (AvgIpc) is 3.06. The predicted molar refractivity (Wildman–Crippen MR) is 91.5 cm³/mol. The van der Waals surface area contributed by atoms with E-state index in [-0.39, 0.29) is 16.5 Å². The largest absolute Gasteiger partial charge is 0.324 e. The molecule has 2 rings (SSSR count). The van der Waals surface area contributed by atoms with Crippen LogP contribution >= 0.6 is 11.8 Å². The molecule has 0 aromatic rings. The lowest BCUT2D eigenvalue weighted by molar-refractivity contribution is -0.134. The van der Waals surface area contributed by atoms with Gasteiger partial charge >= 0.3 is 0 Å². The minimum absolute atomic E-state index is 0.203. The summed E-state index contributed by atoms with van der Waals surface area (Å²) in [6.07, 6.45) is 9.06. The van der Waals surface area contributed by atoms with Crippen molar-refractivity contribution in [2.45, 2.75) is 82.7 Å². The molecule has 1 unspecified atom stereocenters. The van der Waals surface area contributed by atoms with Gasteiger partial charge in [0.2, 0.25) is 5.91 Å². The van der Waals surface area contributed by atoms with Crippen molar-refractivity contribution in [3.8, 4) is 0 Å². The number of rotatable bonds is 6. The number of hydrogen-bond donors (Lipinski definition) is 1. The second kappa shape index (κ2) is 6.49. The van der Waals surface area contributed by atoms with Crippen LogP contribution in [-0.4, -0.2) is 40.1 Å². The van der Waals surface area contributed by atoms with Gasteiger partial charge in [-0.15, -0.1) is 0 Å². The number of thioether (sulfide) groups is 1. The highest BCUT2D eigenvalue weighted by Crippen LogP contribution is 2.40. The standard InChI is InChI=1S/C17H32N2OS/c1-6-16(7-2,21-5)12-19-14(13(3)4)18-17(15(19)20)10-8-9-11-17/h13-14,18H,6-12H2,1-5H3. The monoisotopic (exact) mass is 312 g/mol. The summed E-state index contributed by atoms with van der Waals surface area (Å²) in [5.74, 6) is 0.834. The summed E-state index contributed by atoms with van der Waals surface area (Å²) >= 11 is 1.93. The summed E-state index contributed by atoms with van der Waals surface area (Å²) in [6.45, 7) is 9.85. The maximum absolute atomic E-state index is 13.1. The SMILES string of the molecule is CCC(CC)(CN1C(=O)C2(CCCC2)NC1C(C)C)SC. The van der Waals surface area contributed by atoms with Crippen molar-refractivity contribution in [3.63, 3.8) is 0 Å². The van der Waals surface area contributed by atoms with Gasteiger partial charge in [-0.05, 0) is 37.9 Å². The van der Waals surface area contributed by atoms with E-state index in [1.165, 1.54) is 12.8 Å². The highest BCUT2D eigenvalue weighted by atomic mass is 32.2. The van der Waals surface area contributed by atoms with Gasteiger partial charge in [-0.25, -0.2) is 0 Å². The van der Waals surface area contributed by atoms with Gasteiger partial charge in [0.05, 0.1) is 11.7 Å². The molecule has 1 aliphatic heterocycles. The molecule has 1 saturated carbocycles. The van der Waals surface area contributed by atoms with Gasteiger partial charge in [0.25, 0.3) is 0 Å². The van der Waals surface area contributed by atoms with E-state index in [2.05, 4.69) is 44.2 Å². The quantitative estimate of drug-likeness (QED) is 0.813. The van der Waals surface area contributed by atoms with Crippen molar-refractivity contribution < 1.29 is 4.79 Å². The first kappa shape index (κ1) is 17.1. The van der Waals surface area contributed by atoms with E-state index in [4.69, 9.17) is 0 Å². The summed E-state index contributed by atoms with van der Waals surface area (Å²) in [5, 5.41) is 3.73. The van der Waals surface area contributed by atoms with Crippen molar-refractivity contribution >= 4 is 17.7 Å². The number of carbonyl (C=O) groups excluding carboxylic acids is 1. The summed E-state index contributed by atoms with van der Waals surface area (Å²) < 4.78 is 0.203. The van der Waals surface area contributed by atoms with Crippen molar-refractivity contribution in [2.75, 3.05) is 12.8 Å². The smallest absolute Gasteiger partial charge is 0.244 e. The summed E-state index contributed by atoms with van der Waals surface area (Å²) in [7, 11) is 0. The molecule has 2 aliphatic rings. The molecule has 4 heteroatoms. The molecule has 1 saturated heterocycles. The second-order valence-corrected chi connectivity index (χ2v) is 8.42. The van der Waals surface area contributed by atoms with E-state index in [0.29, 0.717) is 11.8 Å². The van der Waals surface area contributed by atoms with Crippen molar-refractivity contribution in [3.05, 3.63) is 0 Å². The van der Waals surface area contributed by atoms with Crippen LogP contribution in [-0.2, 0) is 4.79 Å². The fraction of sp³-hybridized carbons (Fsp3) is 0.941. The van der Waals surface area contributed by atoms with Crippen molar-refractivity contribution in [2.24, 2.45) is 5.92 Å². The third-order valence-corrected chi connectivity index (χ3v) is 7.27. The zero-order valence-corrected chi connectivity index (χ0v) is 15.2. The van der Waals surface area contributed by atoms with Crippen LogP contribution in [0.5, 0.6) is 0 Å². The molecule has 1 atom stereocenters. The molecule has 0 radical (unpaired) electrons. The Kier molecular flexibility index (Phi) is 5.30. The van der Waals surface area contributed by atoms with Gasteiger partial charge in [0.1, 0.15) is 0 Å². The first-order valence-electron chi connectivity index (χ1n) is 8.57. The van der Waals surface area contributed by atoms with Gasteiger partial charge in [-0.3, -0.25) is 10.1 Å². The third-order valence-electron chi connectivity index (χ3n) is 5.70. The number of hydrogen-bond acceptors (Lipinski definition) is 3. The van der Waals surface area contributed by atoms with Crippen LogP contribution in [0.25, 0.3) is 0 Å². The number of amides is 1. The molecule has 3 nitrogen and oxygen atoms in total. The zero-order valence-electron chi connectivity index (χ0n) is 14.4. The Bertz CT molecular complexity index is 365. The van der Waals surface area contributed by atoms with Gasteiger partial charge < -0.3 is 4.90 Å². The first-order valence-corrected chi connectivity index (χ1v) is 9.80. The highest BCUT2D eigenvalue weighted by molar-refractivity contribution is 8.00. The van der Waals surface area contributed by atoms with Crippen molar-refractivity contribution in [1.29, 1.82) is 0 Å². The molecule has 1 aliphatic carbocycles. The van der Waals surface area contributed by atoms with Crippen LogP contribution in [0.2, 0.25) is 0 Å². The Labute approximate surface area is 134 Å². The Morgan fingerprint density at radius 2 is 1.90 bits per heavy atom. The predicted octanol–water partition coefficient (Wildman–Crippen LogP) is 3.63. The lowest BCUT2D eigenvalue weighted by Gasteiger charge is -2.37. The van der Waals surface area contributed by atoms with Gasteiger partial charge in [0.15, 0.2) is 0 Å². The van der Waals surface area contributed by atoms with Gasteiger partial charge in [-0.1, -0.05) is 40.5 Å². The third kappa shape index (κ3) is 2.98. The topological polar surface area (TPSA) is 32.3 Å². The lowest BCUT2D eigenvalue weighted by Crippen LogP contribution is -2.48. The maximum Gasteiger partial charge on any atom is 0.244 e. The molecule has 0 aromatic heterocycles. The summed E-state index contributed by atoms with van der Waals surface area (Å²) in [6, 6.07) is 0. The van der Waals surface area contributed by atoms with E-state index in [1.54, 1.807) is 0 Å². The van der Waals surface area contributed by atoms with Crippen LogP contribution < -0.4 is 5.32 Å². The molecular weight excluding hydrogens is 280 g/mol. The molecule has 1 spiro atoms. The van der Waals surface area contributed by atoms with Crippen molar-refractivity contribution in [1.82, 2.24) is 10.2 Å². The highest BCUT2D eigenvalue weighted by Gasteiger charge is 2.53. The molecule has 2 fully saturated rings. The molecule has 0 bridgehead atoms. The summed E-state index contributed by atoms with van der Waals surface area (Å²) in [4.78, 5) is 15.3. The molecule has 1 amide bonds. The second-order valence-electron chi connectivity index (χ2n) is 7.15. The summed E-state index contributed by atoms with van der Waals surface area (Å²) in [5.41, 5.74) is -0.236.